The number of halogens is 1. The topological polar surface area (TPSA) is 62.5 Å². The van der Waals surface area contributed by atoms with Crippen LogP contribution in [-0.4, -0.2) is 46.5 Å². The monoisotopic (exact) mass is 362 g/mol. The van der Waals surface area contributed by atoms with Crippen molar-refractivity contribution in [2.24, 2.45) is 0 Å². The summed E-state index contributed by atoms with van der Waals surface area (Å²) in [6.45, 7) is 3.19. The summed E-state index contributed by atoms with van der Waals surface area (Å²) in [6.07, 6.45) is 2.84. The van der Waals surface area contributed by atoms with Gasteiger partial charge < -0.3 is 14.2 Å². The zero-order valence-corrected chi connectivity index (χ0v) is 15.6. The third-order valence-corrected chi connectivity index (χ3v) is 4.81. The van der Waals surface area contributed by atoms with Gasteiger partial charge in [-0.3, -0.25) is 4.79 Å². The zero-order valence-electron chi connectivity index (χ0n) is 14.8. The number of nitrogens with zero attached hydrogens (tertiary/aromatic N) is 4. The predicted octanol–water partition coefficient (Wildman–Crippen LogP) is 3.46. The summed E-state index contributed by atoms with van der Waals surface area (Å²) >= 11 is 6.19. The first-order chi connectivity index (χ1) is 12.0. The van der Waals surface area contributed by atoms with Gasteiger partial charge in [0, 0.05) is 17.1 Å². The molecule has 25 heavy (non-hydrogen) atoms. The van der Waals surface area contributed by atoms with Gasteiger partial charge >= 0.3 is 0 Å². The lowest BCUT2D eigenvalue weighted by Crippen LogP contribution is -2.38. The summed E-state index contributed by atoms with van der Waals surface area (Å²) in [4.78, 5) is 16.8. The van der Waals surface area contributed by atoms with Crippen molar-refractivity contribution in [3.05, 3.63) is 46.1 Å². The zero-order chi connectivity index (χ0) is 18.0. The largest absolute Gasteiger partial charge is 0.422 e. The Balaban J connectivity index is 1.84. The second-order valence-corrected chi connectivity index (χ2v) is 7.15. The van der Waals surface area contributed by atoms with Gasteiger partial charge in [0.05, 0.1) is 6.54 Å². The summed E-state index contributed by atoms with van der Waals surface area (Å²) in [5.74, 6) is 1.04. The van der Waals surface area contributed by atoms with Gasteiger partial charge in [0.15, 0.2) is 0 Å². The third-order valence-electron chi connectivity index (χ3n) is 4.40. The van der Waals surface area contributed by atoms with Gasteiger partial charge in [-0.15, -0.1) is 10.2 Å². The van der Waals surface area contributed by atoms with Crippen molar-refractivity contribution < 1.29 is 9.21 Å². The fourth-order valence-corrected chi connectivity index (χ4v) is 3.24. The Morgan fingerprint density at radius 2 is 2.16 bits per heavy atom. The van der Waals surface area contributed by atoms with Crippen LogP contribution in [0.3, 0.4) is 0 Å². The average Bonchev–Trinajstić information content (AvgIpc) is 3.04. The molecule has 0 radical (unpaired) electrons. The Hall–Kier alpha value is -1.92. The molecule has 1 amide bonds. The van der Waals surface area contributed by atoms with E-state index in [0.717, 1.165) is 24.8 Å². The SMILES string of the molecule is Cc1ccc(C(=O)N2CCCCC2c2nnc(CN(C)C)o2)cc1Cl. The number of piperidine rings is 1. The summed E-state index contributed by atoms with van der Waals surface area (Å²) in [6, 6.07) is 5.25. The number of carbonyl (C=O) groups excluding carboxylic acids is 1. The highest BCUT2D eigenvalue weighted by atomic mass is 35.5. The number of amides is 1. The van der Waals surface area contributed by atoms with Gasteiger partial charge in [-0.25, -0.2) is 0 Å². The first-order valence-corrected chi connectivity index (χ1v) is 8.87. The van der Waals surface area contributed by atoms with E-state index in [4.69, 9.17) is 16.0 Å². The summed E-state index contributed by atoms with van der Waals surface area (Å²) in [5.41, 5.74) is 1.55. The van der Waals surface area contributed by atoms with E-state index < -0.39 is 0 Å². The van der Waals surface area contributed by atoms with Crippen molar-refractivity contribution >= 4 is 17.5 Å². The Bertz CT molecular complexity index is 759. The summed E-state index contributed by atoms with van der Waals surface area (Å²) < 4.78 is 5.81. The van der Waals surface area contributed by atoms with Crippen molar-refractivity contribution in [2.75, 3.05) is 20.6 Å². The molecule has 0 spiro atoms. The number of hydrogen-bond donors (Lipinski definition) is 0. The molecule has 1 unspecified atom stereocenters. The van der Waals surface area contributed by atoms with Crippen molar-refractivity contribution in [1.82, 2.24) is 20.0 Å². The molecule has 2 heterocycles. The van der Waals surface area contributed by atoms with E-state index in [1.807, 2.05) is 43.0 Å². The number of rotatable bonds is 4. The van der Waals surface area contributed by atoms with E-state index >= 15 is 0 Å². The van der Waals surface area contributed by atoms with Crippen LogP contribution in [0.15, 0.2) is 22.6 Å². The van der Waals surface area contributed by atoms with E-state index in [1.54, 1.807) is 6.07 Å². The lowest BCUT2D eigenvalue weighted by molar-refractivity contribution is 0.0568. The number of aromatic nitrogens is 2. The standard InChI is InChI=1S/C18H23ClN4O2/c1-12-7-8-13(10-14(12)19)18(24)23-9-5-4-6-15(23)17-21-20-16(25-17)11-22(2)3/h7-8,10,15H,4-6,9,11H2,1-3H3. The minimum absolute atomic E-state index is 0.0426. The van der Waals surface area contributed by atoms with Crippen LogP contribution in [0.4, 0.5) is 0 Å². The smallest absolute Gasteiger partial charge is 0.254 e. The molecule has 0 bridgehead atoms. The lowest BCUT2D eigenvalue weighted by Gasteiger charge is -2.33. The van der Waals surface area contributed by atoms with Crippen LogP contribution in [0.2, 0.25) is 5.02 Å². The van der Waals surface area contributed by atoms with Gasteiger partial charge in [-0.1, -0.05) is 17.7 Å². The van der Waals surface area contributed by atoms with Gasteiger partial charge in [-0.05, 0) is 58.0 Å². The molecule has 134 valence electrons. The molecule has 0 N–H and O–H groups in total. The van der Waals surface area contributed by atoms with E-state index in [0.29, 0.717) is 35.5 Å². The first-order valence-electron chi connectivity index (χ1n) is 8.50. The Morgan fingerprint density at radius 1 is 1.36 bits per heavy atom. The molecule has 1 aromatic carbocycles. The highest BCUT2D eigenvalue weighted by Crippen LogP contribution is 2.32. The molecule has 1 atom stereocenters. The summed E-state index contributed by atoms with van der Waals surface area (Å²) in [5, 5.41) is 8.90. The van der Waals surface area contributed by atoms with E-state index in [1.165, 1.54) is 0 Å². The molecular weight excluding hydrogens is 340 g/mol. The maximum Gasteiger partial charge on any atom is 0.254 e. The minimum atomic E-state index is -0.176. The Kier molecular flexibility index (Phi) is 5.39. The molecule has 2 aromatic rings. The molecule has 3 rings (SSSR count). The number of hydrogen-bond acceptors (Lipinski definition) is 5. The Labute approximate surface area is 152 Å². The quantitative estimate of drug-likeness (QED) is 0.833. The van der Waals surface area contributed by atoms with Crippen LogP contribution in [0.1, 0.15) is 53.0 Å². The maximum atomic E-state index is 13.0. The fraction of sp³-hybridized carbons (Fsp3) is 0.500. The normalized spacial score (nSPS) is 18.0. The van der Waals surface area contributed by atoms with E-state index in [-0.39, 0.29) is 11.9 Å². The van der Waals surface area contributed by atoms with Gasteiger partial charge in [0.25, 0.3) is 5.91 Å². The molecule has 7 heteroatoms. The molecule has 0 saturated carbocycles. The van der Waals surface area contributed by atoms with Crippen LogP contribution in [0.5, 0.6) is 0 Å². The second kappa shape index (κ2) is 7.54. The van der Waals surface area contributed by atoms with Crippen LogP contribution in [0, 0.1) is 6.92 Å². The minimum Gasteiger partial charge on any atom is -0.422 e. The molecule has 6 nitrogen and oxygen atoms in total. The molecular formula is C18H23ClN4O2. The van der Waals surface area contributed by atoms with E-state index in [9.17, 15) is 4.79 Å². The van der Waals surface area contributed by atoms with Gasteiger partial charge in [0.1, 0.15) is 6.04 Å². The third kappa shape index (κ3) is 4.02. The summed E-state index contributed by atoms with van der Waals surface area (Å²) in [7, 11) is 3.89. The maximum absolute atomic E-state index is 13.0. The molecule has 1 aliphatic heterocycles. The van der Waals surface area contributed by atoms with Crippen molar-refractivity contribution in [3.8, 4) is 0 Å². The van der Waals surface area contributed by atoms with Crippen LogP contribution in [0.25, 0.3) is 0 Å². The van der Waals surface area contributed by atoms with Crippen LogP contribution < -0.4 is 0 Å². The fourth-order valence-electron chi connectivity index (χ4n) is 3.06. The molecule has 1 aromatic heterocycles. The van der Waals surface area contributed by atoms with Crippen molar-refractivity contribution in [1.29, 1.82) is 0 Å². The molecule has 1 aliphatic rings. The highest BCUT2D eigenvalue weighted by Gasteiger charge is 2.32. The van der Waals surface area contributed by atoms with Gasteiger partial charge in [-0.2, -0.15) is 0 Å². The first kappa shape index (κ1) is 17.9. The lowest BCUT2D eigenvalue weighted by atomic mass is 10.0. The molecule has 0 aliphatic carbocycles. The number of carbonyl (C=O) groups is 1. The van der Waals surface area contributed by atoms with Crippen LogP contribution in [-0.2, 0) is 6.54 Å². The van der Waals surface area contributed by atoms with Crippen molar-refractivity contribution in [2.45, 2.75) is 38.8 Å². The average molecular weight is 363 g/mol. The van der Waals surface area contributed by atoms with Gasteiger partial charge in [0.2, 0.25) is 11.8 Å². The highest BCUT2D eigenvalue weighted by molar-refractivity contribution is 6.31. The number of benzene rings is 1. The Morgan fingerprint density at radius 3 is 2.88 bits per heavy atom. The number of likely N-dealkylation sites (tertiary alicyclic amines) is 1. The van der Waals surface area contributed by atoms with E-state index in [2.05, 4.69) is 10.2 Å². The second-order valence-electron chi connectivity index (χ2n) is 6.75. The molecule has 1 saturated heterocycles. The van der Waals surface area contributed by atoms with Crippen LogP contribution >= 0.6 is 11.6 Å². The number of aryl methyl sites for hydroxylation is 1. The molecule has 1 fully saturated rings. The van der Waals surface area contributed by atoms with Crippen molar-refractivity contribution in [3.63, 3.8) is 0 Å². The predicted molar refractivity (Wildman–Crippen MR) is 95.5 cm³/mol.